The number of nitrogens with one attached hydrogen (secondary N) is 1. The molecule has 1 aromatic carbocycles. The van der Waals surface area contributed by atoms with Crippen molar-refractivity contribution < 1.29 is 18.7 Å². The topological polar surface area (TPSA) is 55.4 Å². The first-order valence-corrected chi connectivity index (χ1v) is 4.74. The Kier molecular flexibility index (Phi) is 4.44. The number of carbonyl (C=O) groups excluding carboxylic acids is 2. The van der Waals surface area contributed by atoms with Crippen molar-refractivity contribution in [2.24, 2.45) is 0 Å². The van der Waals surface area contributed by atoms with Gasteiger partial charge in [-0.2, -0.15) is 0 Å². The molecule has 0 aliphatic rings. The maximum Gasteiger partial charge on any atom is 0.411 e. The summed E-state index contributed by atoms with van der Waals surface area (Å²) in [5.74, 6) is -0.0495. The van der Waals surface area contributed by atoms with Crippen molar-refractivity contribution in [2.45, 2.75) is 6.92 Å². The number of benzene rings is 1. The van der Waals surface area contributed by atoms with Gasteiger partial charge in [0.25, 0.3) is 0 Å². The minimum Gasteiger partial charge on any atom is -0.447 e. The second-order valence-corrected chi connectivity index (χ2v) is 3.08. The van der Waals surface area contributed by atoms with Gasteiger partial charge in [0.15, 0.2) is 5.78 Å². The van der Waals surface area contributed by atoms with Gasteiger partial charge in [0, 0.05) is 11.3 Å². The van der Waals surface area contributed by atoms with E-state index in [9.17, 15) is 14.0 Å². The maximum absolute atomic E-state index is 11.7. The minimum absolute atomic E-state index is 0.0495. The molecule has 0 radical (unpaired) electrons. The molecular weight excluding hydrogens is 213 g/mol. The Bertz CT molecular complexity index is 375. The van der Waals surface area contributed by atoms with Gasteiger partial charge in [-0.1, -0.05) is 0 Å². The molecular formula is C11H12FNO3. The van der Waals surface area contributed by atoms with E-state index < -0.39 is 12.8 Å². The number of rotatable bonds is 4. The third kappa shape index (κ3) is 3.68. The standard InChI is InChI=1S/C11H12FNO3/c1-8(14)9-2-4-10(5-3-9)13-11(15)16-7-6-12/h2-5H,6-7H2,1H3,(H,13,15). The molecule has 86 valence electrons. The van der Waals surface area contributed by atoms with Gasteiger partial charge < -0.3 is 4.74 Å². The molecule has 5 heteroatoms. The van der Waals surface area contributed by atoms with Gasteiger partial charge in [-0.15, -0.1) is 0 Å². The molecule has 0 saturated carbocycles. The smallest absolute Gasteiger partial charge is 0.411 e. The third-order valence-corrected chi connectivity index (χ3v) is 1.85. The highest BCUT2D eigenvalue weighted by molar-refractivity contribution is 5.94. The van der Waals surface area contributed by atoms with E-state index in [0.29, 0.717) is 11.3 Å². The zero-order valence-corrected chi connectivity index (χ0v) is 8.83. The highest BCUT2D eigenvalue weighted by Gasteiger charge is 2.03. The van der Waals surface area contributed by atoms with Crippen molar-refractivity contribution in [3.8, 4) is 0 Å². The zero-order valence-electron chi connectivity index (χ0n) is 8.83. The number of ether oxygens (including phenoxy) is 1. The predicted octanol–water partition coefficient (Wildman–Crippen LogP) is 2.41. The molecule has 0 spiro atoms. The molecule has 4 nitrogen and oxygen atoms in total. The highest BCUT2D eigenvalue weighted by Crippen LogP contribution is 2.10. The number of carbonyl (C=O) groups is 2. The summed E-state index contributed by atoms with van der Waals surface area (Å²) in [5, 5.41) is 2.40. The van der Waals surface area contributed by atoms with Crippen LogP contribution in [0, 0.1) is 0 Å². The molecule has 0 bridgehead atoms. The predicted molar refractivity (Wildman–Crippen MR) is 57.4 cm³/mol. The lowest BCUT2D eigenvalue weighted by atomic mass is 10.1. The van der Waals surface area contributed by atoms with Gasteiger partial charge in [0.2, 0.25) is 0 Å². The zero-order chi connectivity index (χ0) is 12.0. The average Bonchev–Trinajstić information content (AvgIpc) is 2.27. The average molecular weight is 225 g/mol. The van der Waals surface area contributed by atoms with E-state index in [-0.39, 0.29) is 12.4 Å². The molecule has 0 aromatic heterocycles. The Morgan fingerprint density at radius 1 is 1.31 bits per heavy atom. The molecule has 1 aromatic rings. The van der Waals surface area contributed by atoms with Crippen LogP contribution < -0.4 is 5.32 Å². The van der Waals surface area contributed by atoms with Crippen LogP contribution in [-0.4, -0.2) is 25.2 Å². The SMILES string of the molecule is CC(=O)c1ccc(NC(=O)OCCF)cc1. The molecule has 0 aliphatic carbocycles. The molecule has 0 atom stereocenters. The molecule has 1 amide bonds. The van der Waals surface area contributed by atoms with Crippen LogP contribution in [0.5, 0.6) is 0 Å². The van der Waals surface area contributed by atoms with E-state index in [1.807, 2.05) is 0 Å². The summed E-state index contributed by atoms with van der Waals surface area (Å²) in [4.78, 5) is 22.0. The summed E-state index contributed by atoms with van der Waals surface area (Å²) in [6.45, 7) is 0.478. The summed E-state index contributed by atoms with van der Waals surface area (Å²) in [7, 11) is 0. The molecule has 0 unspecified atom stereocenters. The third-order valence-electron chi connectivity index (χ3n) is 1.85. The van der Waals surface area contributed by atoms with Crippen molar-refractivity contribution in [1.82, 2.24) is 0 Å². The monoisotopic (exact) mass is 225 g/mol. The van der Waals surface area contributed by atoms with Gasteiger partial charge in [-0.05, 0) is 31.2 Å². The fourth-order valence-corrected chi connectivity index (χ4v) is 1.07. The van der Waals surface area contributed by atoms with Crippen LogP contribution in [0.15, 0.2) is 24.3 Å². The number of halogens is 1. The Balaban J connectivity index is 2.55. The lowest BCUT2D eigenvalue weighted by Crippen LogP contribution is -2.15. The molecule has 0 saturated heterocycles. The van der Waals surface area contributed by atoms with Crippen LogP contribution >= 0.6 is 0 Å². The second-order valence-electron chi connectivity index (χ2n) is 3.08. The quantitative estimate of drug-likeness (QED) is 0.800. The number of Topliss-reactive ketones (excluding diaryl/α,β-unsaturated/α-hetero) is 1. The van der Waals surface area contributed by atoms with Crippen LogP contribution in [0.1, 0.15) is 17.3 Å². The minimum atomic E-state index is -0.715. The molecule has 1 N–H and O–H groups in total. The second kappa shape index (κ2) is 5.85. The van der Waals surface area contributed by atoms with E-state index in [1.165, 1.54) is 6.92 Å². The Hall–Kier alpha value is -1.91. The normalized spacial score (nSPS) is 9.62. The fourth-order valence-electron chi connectivity index (χ4n) is 1.07. The summed E-state index contributed by atoms with van der Waals surface area (Å²) in [6.07, 6.45) is -0.715. The van der Waals surface area contributed by atoms with Gasteiger partial charge in [-0.25, -0.2) is 9.18 Å². The first kappa shape index (κ1) is 12.2. The van der Waals surface area contributed by atoms with Crippen molar-refractivity contribution in [2.75, 3.05) is 18.6 Å². The van der Waals surface area contributed by atoms with E-state index in [2.05, 4.69) is 10.1 Å². The van der Waals surface area contributed by atoms with Crippen molar-refractivity contribution in [1.29, 1.82) is 0 Å². The van der Waals surface area contributed by atoms with E-state index >= 15 is 0 Å². The van der Waals surface area contributed by atoms with Crippen LogP contribution in [0.4, 0.5) is 14.9 Å². The number of ketones is 1. The number of amides is 1. The number of anilines is 1. The van der Waals surface area contributed by atoms with Crippen LogP contribution in [0.25, 0.3) is 0 Å². The Morgan fingerprint density at radius 3 is 2.44 bits per heavy atom. The fraction of sp³-hybridized carbons (Fsp3) is 0.273. The van der Waals surface area contributed by atoms with E-state index in [1.54, 1.807) is 24.3 Å². The van der Waals surface area contributed by atoms with Crippen LogP contribution in [0.3, 0.4) is 0 Å². The Morgan fingerprint density at radius 2 is 1.94 bits per heavy atom. The molecule has 1 rings (SSSR count). The van der Waals surface area contributed by atoms with E-state index in [0.717, 1.165) is 0 Å². The summed E-state index contributed by atoms with van der Waals surface area (Å²) in [6, 6.07) is 6.33. The maximum atomic E-state index is 11.7. The first-order valence-electron chi connectivity index (χ1n) is 4.74. The number of hydrogen-bond acceptors (Lipinski definition) is 3. The number of hydrogen-bond donors (Lipinski definition) is 1. The largest absolute Gasteiger partial charge is 0.447 e. The lowest BCUT2D eigenvalue weighted by molar-refractivity contribution is 0.101. The molecule has 0 fully saturated rings. The Labute approximate surface area is 92.4 Å². The molecule has 16 heavy (non-hydrogen) atoms. The van der Waals surface area contributed by atoms with Gasteiger partial charge in [0.1, 0.15) is 13.3 Å². The lowest BCUT2D eigenvalue weighted by Gasteiger charge is -2.05. The van der Waals surface area contributed by atoms with Gasteiger partial charge in [0.05, 0.1) is 0 Å². The number of alkyl halides is 1. The van der Waals surface area contributed by atoms with Gasteiger partial charge >= 0.3 is 6.09 Å². The van der Waals surface area contributed by atoms with Crippen LogP contribution in [0.2, 0.25) is 0 Å². The molecule has 0 aliphatic heterocycles. The van der Waals surface area contributed by atoms with Gasteiger partial charge in [-0.3, -0.25) is 10.1 Å². The summed E-state index contributed by atoms with van der Waals surface area (Å²) in [5.41, 5.74) is 1.05. The van der Waals surface area contributed by atoms with Crippen LogP contribution in [-0.2, 0) is 4.74 Å². The van der Waals surface area contributed by atoms with E-state index in [4.69, 9.17) is 0 Å². The summed E-state index contributed by atoms with van der Waals surface area (Å²) < 4.78 is 16.2. The highest BCUT2D eigenvalue weighted by atomic mass is 19.1. The van der Waals surface area contributed by atoms with Crippen molar-refractivity contribution in [3.63, 3.8) is 0 Å². The summed E-state index contributed by atoms with van der Waals surface area (Å²) >= 11 is 0. The molecule has 0 heterocycles. The van der Waals surface area contributed by atoms with Crippen molar-refractivity contribution >= 4 is 17.6 Å². The van der Waals surface area contributed by atoms with Crippen molar-refractivity contribution in [3.05, 3.63) is 29.8 Å². The first-order chi connectivity index (χ1) is 7.63.